The number of ether oxygens (including phenoxy) is 1. The predicted octanol–water partition coefficient (Wildman–Crippen LogP) is 1.51. The van der Waals surface area contributed by atoms with Crippen LogP contribution in [0.15, 0.2) is 23.3 Å². The van der Waals surface area contributed by atoms with Crippen molar-refractivity contribution in [3.05, 3.63) is 34.3 Å². The standard InChI is InChI=1S/C13H14N4O3S/c1-7-11(21-13(14)16-7)12(19)17-15-6-8-4-3-5-9(20-2)10(8)18/h3-6,18H,1-2H3,(H2,14,16)(H,17,19)/b15-6+. The summed E-state index contributed by atoms with van der Waals surface area (Å²) in [7, 11) is 1.45. The molecule has 1 amide bonds. The number of rotatable bonds is 4. The van der Waals surface area contributed by atoms with Gasteiger partial charge in [0.05, 0.1) is 19.0 Å². The maximum atomic E-state index is 11.9. The molecule has 0 aliphatic carbocycles. The molecule has 1 heterocycles. The zero-order valence-corrected chi connectivity index (χ0v) is 12.3. The predicted molar refractivity (Wildman–Crippen MR) is 81.0 cm³/mol. The molecular weight excluding hydrogens is 292 g/mol. The van der Waals surface area contributed by atoms with Gasteiger partial charge in [0.25, 0.3) is 5.91 Å². The third-order valence-electron chi connectivity index (χ3n) is 2.64. The quantitative estimate of drug-likeness (QED) is 0.586. The van der Waals surface area contributed by atoms with Crippen LogP contribution in [0.1, 0.15) is 20.9 Å². The number of phenols is 1. The van der Waals surface area contributed by atoms with E-state index in [0.29, 0.717) is 27.0 Å². The van der Waals surface area contributed by atoms with Gasteiger partial charge in [-0.05, 0) is 19.1 Å². The fourth-order valence-corrected chi connectivity index (χ4v) is 2.37. The number of anilines is 1. The Labute approximate surface area is 125 Å². The van der Waals surface area contributed by atoms with E-state index < -0.39 is 5.91 Å². The highest BCUT2D eigenvalue weighted by molar-refractivity contribution is 7.17. The highest BCUT2D eigenvalue weighted by atomic mass is 32.1. The number of nitrogens with zero attached hydrogens (tertiary/aromatic N) is 2. The Hall–Kier alpha value is -2.61. The van der Waals surface area contributed by atoms with Crippen LogP contribution in [0.2, 0.25) is 0 Å². The zero-order valence-electron chi connectivity index (χ0n) is 11.5. The number of aryl methyl sites for hydroxylation is 1. The minimum absolute atomic E-state index is 0.0452. The molecule has 0 unspecified atom stereocenters. The minimum Gasteiger partial charge on any atom is -0.504 e. The van der Waals surface area contributed by atoms with Gasteiger partial charge in [0.15, 0.2) is 16.6 Å². The monoisotopic (exact) mass is 306 g/mol. The number of para-hydroxylation sites is 1. The largest absolute Gasteiger partial charge is 0.504 e. The summed E-state index contributed by atoms with van der Waals surface area (Å²) in [5.41, 5.74) is 8.87. The number of phenolic OH excluding ortho intramolecular Hbond substituents is 1. The first-order valence-corrected chi connectivity index (χ1v) is 6.77. The van der Waals surface area contributed by atoms with Crippen LogP contribution < -0.4 is 15.9 Å². The van der Waals surface area contributed by atoms with Crippen LogP contribution >= 0.6 is 11.3 Å². The summed E-state index contributed by atoms with van der Waals surface area (Å²) in [4.78, 5) is 16.2. The fraction of sp³-hybridized carbons (Fsp3) is 0.154. The van der Waals surface area contributed by atoms with Gasteiger partial charge >= 0.3 is 0 Å². The van der Waals surface area contributed by atoms with Crippen molar-refractivity contribution in [2.45, 2.75) is 6.92 Å². The molecule has 110 valence electrons. The summed E-state index contributed by atoms with van der Waals surface area (Å²) >= 11 is 1.09. The molecule has 0 bridgehead atoms. The van der Waals surface area contributed by atoms with E-state index in [2.05, 4.69) is 15.5 Å². The summed E-state index contributed by atoms with van der Waals surface area (Å²) < 4.78 is 4.98. The number of amides is 1. The molecule has 2 aromatic rings. The van der Waals surface area contributed by atoms with E-state index in [9.17, 15) is 9.90 Å². The SMILES string of the molecule is COc1cccc(/C=N/NC(=O)c2sc(N)nc2C)c1O. The normalized spacial score (nSPS) is 10.8. The van der Waals surface area contributed by atoms with E-state index in [1.54, 1.807) is 25.1 Å². The molecule has 4 N–H and O–H groups in total. The molecule has 0 saturated carbocycles. The molecule has 0 radical (unpaired) electrons. The van der Waals surface area contributed by atoms with Crippen molar-refractivity contribution in [2.75, 3.05) is 12.8 Å². The lowest BCUT2D eigenvalue weighted by atomic mass is 10.2. The molecule has 8 heteroatoms. The van der Waals surface area contributed by atoms with Crippen molar-refractivity contribution in [2.24, 2.45) is 5.10 Å². The Morgan fingerprint density at radius 3 is 2.95 bits per heavy atom. The first-order valence-electron chi connectivity index (χ1n) is 5.95. The third-order valence-corrected chi connectivity index (χ3v) is 3.62. The third kappa shape index (κ3) is 3.29. The number of carbonyl (C=O) groups is 1. The van der Waals surface area contributed by atoms with Gasteiger partial charge < -0.3 is 15.6 Å². The summed E-state index contributed by atoms with van der Waals surface area (Å²) in [6, 6.07) is 4.97. The van der Waals surface area contributed by atoms with E-state index in [1.165, 1.54) is 13.3 Å². The van der Waals surface area contributed by atoms with E-state index in [0.717, 1.165) is 11.3 Å². The molecule has 1 aromatic heterocycles. The zero-order chi connectivity index (χ0) is 15.4. The molecule has 0 atom stereocenters. The lowest BCUT2D eigenvalue weighted by Gasteiger charge is -2.04. The first kappa shape index (κ1) is 14.8. The number of hydrogen-bond acceptors (Lipinski definition) is 7. The number of nitrogen functional groups attached to an aromatic ring is 1. The van der Waals surface area contributed by atoms with E-state index >= 15 is 0 Å². The van der Waals surface area contributed by atoms with Crippen molar-refractivity contribution >= 4 is 28.6 Å². The highest BCUT2D eigenvalue weighted by Gasteiger charge is 2.13. The lowest BCUT2D eigenvalue weighted by Crippen LogP contribution is -2.17. The molecular formula is C13H14N4O3S. The second-order valence-corrected chi connectivity index (χ2v) is 5.09. The smallest absolute Gasteiger partial charge is 0.283 e. The van der Waals surface area contributed by atoms with Crippen LogP contribution in [0.4, 0.5) is 5.13 Å². The van der Waals surface area contributed by atoms with E-state index in [-0.39, 0.29) is 5.75 Å². The highest BCUT2D eigenvalue weighted by Crippen LogP contribution is 2.27. The van der Waals surface area contributed by atoms with Gasteiger partial charge in [-0.15, -0.1) is 0 Å². The van der Waals surface area contributed by atoms with Gasteiger partial charge in [-0.1, -0.05) is 17.4 Å². The van der Waals surface area contributed by atoms with Crippen molar-refractivity contribution in [3.8, 4) is 11.5 Å². The summed E-state index contributed by atoms with van der Waals surface area (Å²) in [5, 5.41) is 14.0. The summed E-state index contributed by atoms with van der Waals surface area (Å²) in [6.45, 7) is 1.69. The molecule has 21 heavy (non-hydrogen) atoms. The van der Waals surface area contributed by atoms with Gasteiger partial charge in [-0.2, -0.15) is 5.10 Å². The number of carbonyl (C=O) groups excluding carboxylic acids is 1. The number of nitrogens with one attached hydrogen (secondary N) is 1. The number of hydrogen-bond donors (Lipinski definition) is 3. The molecule has 1 aromatic carbocycles. The Morgan fingerprint density at radius 2 is 2.33 bits per heavy atom. The van der Waals surface area contributed by atoms with Gasteiger partial charge in [0.2, 0.25) is 0 Å². The number of nitrogens with two attached hydrogens (primary N) is 1. The van der Waals surface area contributed by atoms with Crippen LogP contribution in [0.3, 0.4) is 0 Å². The van der Waals surface area contributed by atoms with Gasteiger partial charge in [-0.3, -0.25) is 4.79 Å². The number of benzene rings is 1. The maximum Gasteiger partial charge on any atom is 0.283 e. The molecule has 2 rings (SSSR count). The topological polar surface area (TPSA) is 110 Å². The van der Waals surface area contributed by atoms with Crippen LogP contribution in [0.5, 0.6) is 11.5 Å². The van der Waals surface area contributed by atoms with E-state index in [4.69, 9.17) is 10.5 Å². The maximum absolute atomic E-state index is 11.9. The van der Waals surface area contributed by atoms with Crippen LogP contribution in [-0.4, -0.2) is 29.3 Å². The van der Waals surface area contributed by atoms with Gasteiger partial charge in [-0.25, -0.2) is 10.4 Å². The minimum atomic E-state index is -0.402. The van der Waals surface area contributed by atoms with Crippen molar-refractivity contribution in [3.63, 3.8) is 0 Å². The Balaban J connectivity index is 2.09. The molecule has 0 aliphatic heterocycles. The lowest BCUT2D eigenvalue weighted by molar-refractivity contribution is 0.0958. The van der Waals surface area contributed by atoms with Crippen molar-refractivity contribution in [1.82, 2.24) is 10.4 Å². The average molecular weight is 306 g/mol. The number of hydrazone groups is 1. The Morgan fingerprint density at radius 1 is 1.57 bits per heavy atom. The second-order valence-electron chi connectivity index (χ2n) is 4.06. The van der Waals surface area contributed by atoms with Crippen LogP contribution in [0, 0.1) is 6.92 Å². The Kier molecular flexibility index (Phi) is 4.39. The molecule has 0 fully saturated rings. The average Bonchev–Trinajstić information content (AvgIpc) is 2.79. The number of methoxy groups -OCH3 is 1. The molecule has 0 saturated heterocycles. The molecule has 7 nitrogen and oxygen atoms in total. The summed E-state index contributed by atoms with van der Waals surface area (Å²) in [5.74, 6) is -0.118. The van der Waals surface area contributed by atoms with Gasteiger partial charge in [0, 0.05) is 5.56 Å². The van der Waals surface area contributed by atoms with Crippen LogP contribution in [0.25, 0.3) is 0 Å². The number of thiazole rings is 1. The van der Waals surface area contributed by atoms with Crippen molar-refractivity contribution < 1.29 is 14.6 Å². The van der Waals surface area contributed by atoms with Crippen LogP contribution in [-0.2, 0) is 0 Å². The molecule has 0 aliphatic rings. The van der Waals surface area contributed by atoms with Crippen molar-refractivity contribution in [1.29, 1.82) is 0 Å². The fourth-order valence-electron chi connectivity index (χ4n) is 1.65. The number of aromatic nitrogens is 1. The number of aromatic hydroxyl groups is 1. The molecule has 0 spiro atoms. The van der Waals surface area contributed by atoms with E-state index in [1.807, 2.05) is 0 Å². The first-order chi connectivity index (χ1) is 10.0. The Bertz CT molecular complexity index is 697. The second kappa shape index (κ2) is 6.23. The van der Waals surface area contributed by atoms with Gasteiger partial charge in [0.1, 0.15) is 4.88 Å². The summed E-state index contributed by atoms with van der Waals surface area (Å²) in [6.07, 6.45) is 1.33.